The minimum Gasteiger partial charge on any atom is -0.396 e. The molecule has 0 aromatic carbocycles. The summed E-state index contributed by atoms with van der Waals surface area (Å²) in [7, 11) is 0. The van der Waals surface area contributed by atoms with Gasteiger partial charge in [-0.3, -0.25) is 24.0 Å². The standard InChI is InChI=1S/C32H47N5O8S2/c1-22(2)20-24(23(3)31(42)36-11-16-44-17-12-36)29(40)33-7-4-9-35(26(39)6-15-38)10-5-8-34-30(41)25-21-27(46)47-28(25)32(43)37-13-18-45-19-14-37/h38H,1,4-21H2,2-3H3,(H,33,40)(H,34,41). The quantitative estimate of drug-likeness (QED) is 0.0920. The number of rotatable bonds is 16. The maximum absolute atomic E-state index is 13.1. The van der Waals surface area contributed by atoms with Gasteiger partial charge in [-0.1, -0.05) is 36.1 Å². The van der Waals surface area contributed by atoms with Crippen LogP contribution in [0.25, 0.3) is 0 Å². The third kappa shape index (κ3) is 11.8. The second-order valence-electron chi connectivity index (χ2n) is 11.6. The summed E-state index contributed by atoms with van der Waals surface area (Å²) in [6.45, 7) is 12.0. The predicted molar refractivity (Wildman–Crippen MR) is 182 cm³/mol. The van der Waals surface area contributed by atoms with Crippen LogP contribution in [-0.4, -0.2) is 139 Å². The molecule has 3 aliphatic rings. The topological polar surface area (TPSA) is 158 Å². The molecule has 0 aliphatic carbocycles. The van der Waals surface area contributed by atoms with E-state index in [0.717, 1.165) is 5.57 Å². The van der Waals surface area contributed by atoms with Crippen LogP contribution in [0, 0.1) is 0 Å². The molecule has 3 heterocycles. The van der Waals surface area contributed by atoms with E-state index in [1.165, 1.54) is 11.8 Å². The molecule has 3 rings (SSSR count). The molecule has 0 bridgehead atoms. The summed E-state index contributed by atoms with van der Waals surface area (Å²) in [5, 5.41) is 15.1. The van der Waals surface area contributed by atoms with Crippen LogP contribution in [0.3, 0.4) is 0 Å². The molecule has 3 aliphatic heterocycles. The van der Waals surface area contributed by atoms with Gasteiger partial charge in [-0.2, -0.15) is 0 Å². The van der Waals surface area contributed by atoms with Crippen molar-refractivity contribution < 1.29 is 38.6 Å². The van der Waals surface area contributed by atoms with Gasteiger partial charge in [0.05, 0.1) is 42.1 Å². The van der Waals surface area contributed by atoms with Crippen molar-refractivity contribution in [3.63, 3.8) is 0 Å². The summed E-state index contributed by atoms with van der Waals surface area (Å²) in [6.07, 6.45) is 1.36. The average Bonchev–Trinajstić information content (AvgIpc) is 3.47. The molecule has 5 amide bonds. The highest BCUT2D eigenvalue weighted by atomic mass is 32.2. The second-order valence-corrected chi connectivity index (χ2v) is 13.4. The molecule has 0 atom stereocenters. The molecule has 0 aromatic heterocycles. The summed E-state index contributed by atoms with van der Waals surface area (Å²) in [5.74, 6) is -1.35. The molecular weight excluding hydrogens is 647 g/mol. The zero-order valence-electron chi connectivity index (χ0n) is 27.4. The highest BCUT2D eigenvalue weighted by molar-refractivity contribution is 8.26. The average molecular weight is 694 g/mol. The predicted octanol–water partition coefficient (Wildman–Crippen LogP) is 0.929. The molecular formula is C32H47N5O8S2. The third-order valence-electron chi connectivity index (χ3n) is 7.86. The number of aliphatic hydroxyl groups excluding tert-OH is 1. The van der Waals surface area contributed by atoms with Gasteiger partial charge < -0.3 is 39.9 Å². The highest BCUT2D eigenvalue weighted by Crippen LogP contribution is 2.35. The number of aliphatic hydroxyl groups is 1. The minimum absolute atomic E-state index is 0.0401. The van der Waals surface area contributed by atoms with Gasteiger partial charge in [-0.25, -0.2) is 0 Å². The van der Waals surface area contributed by atoms with Crippen LogP contribution in [0.5, 0.6) is 0 Å². The zero-order chi connectivity index (χ0) is 34.3. The Morgan fingerprint density at radius 2 is 1.51 bits per heavy atom. The lowest BCUT2D eigenvalue weighted by atomic mass is 10.0. The molecule has 47 heavy (non-hydrogen) atoms. The first-order chi connectivity index (χ1) is 22.5. The number of morpholine rings is 2. The molecule has 13 nitrogen and oxygen atoms in total. The first-order valence-corrected chi connectivity index (χ1v) is 17.2. The number of nitrogens with one attached hydrogen (secondary N) is 2. The van der Waals surface area contributed by atoms with E-state index in [0.29, 0.717) is 104 Å². The van der Waals surface area contributed by atoms with Crippen molar-refractivity contribution in [3.05, 3.63) is 33.8 Å². The number of carbonyl (C=O) groups is 5. The normalized spacial score (nSPS) is 17.3. The Morgan fingerprint density at radius 1 is 0.936 bits per heavy atom. The first-order valence-electron chi connectivity index (χ1n) is 16.0. The number of carbonyl (C=O) groups excluding carboxylic acids is 5. The Kier molecular flexibility index (Phi) is 16.0. The maximum atomic E-state index is 13.1. The van der Waals surface area contributed by atoms with E-state index in [2.05, 4.69) is 17.2 Å². The van der Waals surface area contributed by atoms with Crippen molar-refractivity contribution in [1.82, 2.24) is 25.3 Å². The summed E-state index contributed by atoms with van der Waals surface area (Å²) in [5.41, 5.74) is 1.86. The Bertz CT molecular complexity index is 1270. The molecule has 0 spiro atoms. The molecule has 3 N–H and O–H groups in total. The summed E-state index contributed by atoms with van der Waals surface area (Å²) in [6, 6.07) is 0. The summed E-state index contributed by atoms with van der Waals surface area (Å²) in [4.78, 5) is 70.2. The number of thioether (sulfide) groups is 1. The SMILES string of the molecule is C=C(C)CC(C(=O)NCCCN(CCCNC(=O)C1=C(C(=O)N2CCOCC2)SC(=S)C1)C(=O)CCO)=C(C)C(=O)N1CCOCC1. The lowest BCUT2D eigenvalue weighted by Gasteiger charge is -2.28. The van der Waals surface area contributed by atoms with Crippen LogP contribution in [0.2, 0.25) is 0 Å². The Balaban J connectivity index is 1.51. The van der Waals surface area contributed by atoms with Gasteiger partial charge in [0.25, 0.3) is 5.91 Å². The summed E-state index contributed by atoms with van der Waals surface area (Å²) < 4.78 is 11.2. The first kappa shape index (κ1) is 38.3. The van der Waals surface area contributed by atoms with Crippen LogP contribution >= 0.6 is 24.0 Å². The lowest BCUT2D eigenvalue weighted by Crippen LogP contribution is -2.42. The molecule has 260 valence electrons. The van der Waals surface area contributed by atoms with Crippen molar-refractivity contribution >= 4 is 57.7 Å². The van der Waals surface area contributed by atoms with Crippen molar-refractivity contribution in [2.75, 3.05) is 85.4 Å². The largest absolute Gasteiger partial charge is 0.396 e. The van der Waals surface area contributed by atoms with E-state index in [1.807, 2.05) is 0 Å². The molecule has 0 radical (unpaired) electrons. The lowest BCUT2D eigenvalue weighted by molar-refractivity contribution is -0.132. The van der Waals surface area contributed by atoms with Crippen molar-refractivity contribution in [2.24, 2.45) is 0 Å². The molecule has 0 unspecified atom stereocenters. The highest BCUT2D eigenvalue weighted by Gasteiger charge is 2.33. The third-order valence-corrected chi connectivity index (χ3v) is 9.25. The summed E-state index contributed by atoms with van der Waals surface area (Å²) >= 11 is 6.48. The van der Waals surface area contributed by atoms with Crippen molar-refractivity contribution in [1.29, 1.82) is 0 Å². The number of thiocarbonyl (C=S) groups is 1. The van der Waals surface area contributed by atoms with E-state index < -0.39 is 0 Å². The molecule has 2 saturated heterocycles. The van der Waals surface area contributed by atoms with Crippen LogP contribution in [-0.2, 0) is 33.4 Å². The van der Waals surface area contributed by atoms with Crippen molar-refractivity contribution in [2.45, 2.75) is 46.0 Å². The van der Waals surface area contributed by atoms with E-state index in [9.17, 15) is 29.1 Å². The van der Waals surface area contributed by atoms with Gasteiger partial charge in [0, 0.05) is 81.9 Å². The fraction of sp³-hybridized carbons (Fsp3) is 0.625. The van der Waals surface area contributed by atoms with E-state index in [1.54, 1.807) is 28.5 Å². The zero-order valence-corrected chi connectivity index (χ0v) is 29.0. The number of amides is 5. The molecule has 2 fully saturated rings. The molecule has 0 saturated carbocycles. The molecule has 15 heteroatoms. The van der Waals surface area contributed by atoms with Crippen molar-refractivity contribution in [3.8, 4) is 0 Å². The fourth-order valence-corrected chi connectivity index (χ4v) is 6.63. The smallest absolute Gasteiger partial charge is 0.261 e. The number of hydrogen-bond donors (Lipinski definition) is 3. The maximum Gasteiger partial charge on any atom is 0.261 e. The van der Waals surface area contributed by atoms with Gasteiger partial charge in [0.1, 0.15) is 0 Å². The Morgan fingerprint density at radius 3 is 2.09 bits per heavy atom. The van der Waals surface area contributed by atoms with Gasteiger partial charge in [0.2, 0.25) is 23.6 Å². The monoisotopic (exact) mass is 693 g/mol. The Labute approximate surface area is 286 Å². The van der Waals surface area contributed by atoms with Crippen LogP contribution in [0.1, 0.15) is 46.0 Å². The minimum atomic E-state index is -0.356. The van der Waals surface area contributed by atoms with Crippen LogP contribution in [0.4, 0.5) is 0 Å². The second kappa shape index (κ2) is 19.6. The van der Waals surface area contributed by atoms with Gasteiger partial charge in [-0.15, -0.1) is 0 Å². The van der Waals surface area contributed by atoms with Gasteiger partial charge >= 0.3 is 0 Å². The number of ether oxygens (including phenoxy) is 2. The number of nitrogens with zero attached hydrogens (tertiary/aromatic N) is 3. The van der Waals surface area contributed by atoms with Crippen LogP contribution in [0.15, 0.2) is 33.8 Å². The van der Waals surface area contributed by atoms with Crippen LogP contribution < -0.4 is 10.6 Å². The van der Waals surface area contributed by atoms with E-state index in [4.69, 9.17) is 21.7 Å². The molecule has 0 aromatic rings. The fourth-order valence-electron chi connectivity index (χ4n) is 5.29. The van der Waals surface area contributed by atoms with Gasteiger partial charge in [-0.05, 0) is 33.1 Å². The van der Waals surface area contributed by atoms with Gasteiger partial charge in [0.15, 0.2) is 0 Å². The Hall–Kier alpha value is -3.11. The van der Waals surface area contributed by atoms with E-state index in [-0.39, 0.29) is 68.5 Å². The number of hydrogen-bond acceptors (Lipinski definition) is 10. The van der Waals surface area contributed by atoms with E-state index >= 15 is 0 Å². The number of allylic oxidation sites excluding steroid dienone is 1.